The van der Waals surface area contributed by atoms with Gasteiger partial charge < -0.3 is 15.2 Å². The fourth-order valence-electron chi connectivity index (χ4n) is 2.90. The summed E-state index contributed by atoms with van der Waals surface area (Å²) in [6.45, 7) is 1.13. The van der Waals surface area contributed by atoms with Gasteiger partial charge in [-0.05, 0) is 45.8 Å². The summed E-state index contributed by atoms with van der Waals surface area (Å²) in [7, 11) is 0. The molecule has 0 radical (unpaired) electrons. The van der Waals surface area contributed by atoms with Gasteiger partial charge in [0.2, 0.25) is 0 Å². The standard InChI is InChI=1S/C22H21N5O2/c28-21(18-7-3-1-4-8-18)16-23-15-17-11-13-20(14-12-17)29-22-24-25-26-27(22)19-9-5-2-6-10-19/h1-14,21,23,28H,15-16H2/t21-/m0/s1. The van der Waals surface area contributed by atoms with Crippen molar-refractivity contribution in [3.63, 3.8) is 0 Å². The Morgan fingerprint density at radius 1 is 0.897 bits per heavy atom. The molecule has 4 aromatic rings. The number of aliphatic hydroxyl groups excluding tert-OH is 1. The molecule has 0 saturated carbocycles. The SMILES string of the molecule is O[C@@H](CNCc1ccc(Oc2nnnn2-c2ccccc2)cc1)c1ccccc1. The van der Waals surface area contributed by atoms with Crippen molar-refractivity contribution in [2.24, 2.45) is 0 Å². The molecule has 2 N–H and O–H groups in total. The van der Waals surface area contributed by atoms with Crippen molar-refractivity contribution in [1.82, 2.24) is 25.5 Å². The zero-order valence-electron chi connectivity index (χ0n) is 15.7. The molecule has 0 fully saturated rings. The highest BCUT2D eigenvalue weighted by Gasteiger charge is 2.10. The summed E-state index contributed by atoms with van der Waals surface area (Å²) in [6, 6.07) is 27.2. The summed E-state index contributed by atoms with van der Waals surface area (Å²) in [5.74, 6) is 0.644. The van der Waals surface area contributed by atoms with Crippen LogP contribution in [0.2, 0.25) is 0 Å². The Bertz CT molecular complexity index is 1020. The number of tetrazole rings is 1. The van der Waals surface area contributed by atoms with Crippen molar-refractivity contribution in [3.8, 4) is 17.4 Å². The van der Waals surface area contributed by atoms with E-state index in [-0.39, 0.29) is 0 Å². The van der Waals surface area contributed by atoms with Gasteiger partial charge in [-0.25, -0.2) is 0 Å². The molecule has 0 amide bonds. The Balaban J connectivity index is 1.33. The Labute approximate surface area is 168 Å². The number of para-hydroxylation sites is 1. The van der Waals surface area contributed by atoms with Crippen LogP contribution >= 0.6 is 0 Å². The van der Waals surface area contributed by atoms with Crippen molar-refractivity contribution >= 4 is 0 Å². The second-order valence-electron chi connectivity index (χ2n) is 6.51. The van der Waals surface area contributed by atoms with E-state index in [0.717, 1.165) is 16.8 Å². The molecule has 1 heterocycles. The third kappa shape index (κ3) is 4.84. The monoisotopic (exact) mass is 387 g/mol. The predicted octanol–water partition coefficient (Wildman–Crippen LogP) is 3.28. The Hall–Kier alpha value is -3.55. The molecule has 0 aliphatic heterocycles. The maximum absolute atomic E-state index is 10.2. The molecule has 0 unspecified atom stereocenters. The Kier molecular flexibility index (Phi) is 5.89. The lowest BCUT2D eigenvalue weighted by Crippen LogP contribution is -2.20. The van der Waals surface area contributed by atoms with Crippen LogP contribution < -0.4 is 10.1 Å². The highest BCUT2D eigenvalue weighted by atomic mass is 16.5. The molecule has 1 atom stereocenters. The van der Waals surface area contributed by atoms with E-state index in [4.69, 9.17) is 4.74 Å². The number of aromatic nitrogens is 4. The van der Waals surface area contributed by atoms with Gasteiger partial charge in [-0.1, -0.05) is 65.8 Å². The molecule has 3 aromatic carbocycles. The minimum Gasteiger partial charge on any atom is -0.423 e. The van der Waals surface area contributed by atoms with Crippen LogP contribution in [0, 0.1) is 0 Å². The number of benzene rings is 3. The van der Waals surface area contributed by atoms with Gasteiger partial charge in [0.15, 0.2) is 0 Å². The number of aliphatic hydroxyl groups is 1. The second kappa shape index (κ2) is 9.09. The lowest BCUT2D eigenvalue weighted by molar-refractivity contribution is 0.174. The van der Waals surface area contributed by atoms with Crippen molar-refractivity contribution in [1.29, 1.82) is 0 Å². The fourth-order valence-corrected chi connectivity index (χ4v) is 2.90. The van der Waals surface area contributed by atoms with Crippen LogP contribution in [0.1, 0.15) is 17.2 Å². The zero-order valence-corrected chi connectivity index (χ0v) is 15.7. The van der Waals surface area contributed by atoms with Gasteiger partial charge in [0.25, 0.3) is 0 Å². The second-order valence-corrected chi connectivity index (χ2v) is 6.51. The third-order valence-electron chi connectivity index (χ3n) is 4.43. The van der Waals surface area contributed by atoms with E-state index < -0.39 is 6.10 Å². The molecule has 7 nitrogen and oxygen atoms in total. The Morgan fingerprint density at radius 2 is 1.59 bits per heavy atom. The van der Waals surface area contributed by atoms with Crippen LogP contribution in [0.4, 0.5) is 0 Å². The quantitative estimate of drug-likeness (QED) is 0.483. The Morgan fingerprint density at radius 3 is 2.31 bits per heavy atom. The summed E-state index contributed by atoms with van der Waals surface area (Å²) in [5, 5.41) is 25.1. The molecule has 0 spiro atoms. The lowest BCUT2D eigenvalue weighted by atomic mass is 10.1. The number of nitrogens with zero attached hydrogens (tertiary/aromatic N) is 4. The molecule has 7 heteroatoms. The van der Waals surface area contributed by atoms with Crippen LogP contribution in [0.15, 0.2) is 84.9 Å². The average Bonchev–Trinajstić information content (AvgIpc) is 3.24. The van der Waals surface area contributed by atoms with E-state index in [1.807, 2.05) is 84.9 Å². The topological polar surface area (TPSA) is 85.1 Å². The smallest absolute Gasteiger partial charge is 0.345 e. The van der Waals surface area contributed by atoms with Crippen LogP contribution in [0.25, 0.3) is 5.69 Å². The normalized spacial score (nSPS) is 11.9. The maximum Gasteiger partial charge on any atom is 0.345 e. The van der Waals surface area contributed by atoms with E-state index in [1.165, 1.54) is 0 Å². The molecular formula is C22H21N5O2. The van der Waals surface area contributed by atoms with Crippen LogP contribution in [0.5, 0.6) is 11.8 Å². The number of ether oxygens (including phenoxy) is 1. The minimum absolute atomic E-state index is 0.299. The van der Waals surface area contributed by atoms with Crippen LogP contribution in [0.3, 0.4) is 0 Å². The summed E-state index contributed by atoms with van der Waals surface area (Å²) in [5.41, 5.74) is 2.81. The van der Waals surface area contributed by atoms with Crippen LogP contribution in [-0.4, -0.2) is 31.9 Å². The highest BCUT2D eigenvalue weighted by Crippen LogP contribution is 2.21. The summed E-state index contributed by atoms with van der Waals surface area (Å²) in [4.78, 5) is 0. The first-order valence-corrected chi connectivity index (χ1v) is 9.34. The minimum atomic E-state index is -0.532. The highest BCUT2D eigenvalue weighted by molar-refractivity contribution is 5.34. The van der Waals surface area contributed by atoms with E-state index in [2.05, 4.69) is 20.8 Å². The molecule has 0 saturated heterocycles. The van der Waals surface area contributed by atoms with Gasteiger partial charge in [0, 0.05) is 13.1 Å². The maximum atomic E-state index is 10.2. The molecule has 0 bridgehead atoms. The molecule has 146 valence electrons. The largest absolute Gasteiger partial charge is 0.423 e. The first kappa shape index (κ1) is 18.8. The van der Waals surface area contributed by atoms with Gasteiger partial charge in [0.1, 0.15) is 5.75 Å². The van der Waals surface area contributed by atoms with E-state index >= 15 is 0 Å². The lowest BCUT2D eigenvalue weighted by Gasteiger charge is -2.12. The number of nitrogens with one attached hydrogen (secondary N) is 1. The van der Waals surface area contributed by atoms with E-state index in [0.29, 0.717) is 24.8 Å². The third-order valence-corrected chi connectivity index (χ3v) is 4.43. The number of hydrogen-bond acceptors (Lipinski definition) is 6. The van der Waals surface area contributed by atoms with Gasteiger partial charge in [-0.3, -0.25) is 0 Å². The van der Waals surface area contributed by atoms with Crippen molar-refractivity contribution in [2.45, 2.75) is 12.6 Å². The van der Waals surface area contributed by atoms with Gasteiger partial charge in [0.05, 0.1) is 11.8 Å². The summed E-state index contributed by atoms with van der Waals surface area (Å²) in [6.07, 6.45) is -0.532. The molecule has 4 rings (SSSR count). The molecule has 0 aliphatic rings. The van der Waals surface area contributed by atoms with Crippen molar-refractivity contribution in [3.05, 3.63) is 96.1 Å². The molecule has 1 aromatic heterocycles. The van der Waals surface area contributed by atoms with Crippen molar-refractivity contribution < 1.29 is 9.84 Å². The fraction of sp³-hybridized carbons (Fsp3) is 0.136. The number of hydrogen-bond donors (Lipinski definition) is 2. The van der Waals surface area contributed by atoms with E-state index in [1.54, 1.807) is 4.68 Å². The average molecular weight is 387 g/mol. The van der Waals surface area contributed by atoms with Crippen LogP contribution in [-0.2, 0) is 6.54 Å². The van der Waals surface area contributed by atoms with Gasteiger partial charge in [-0.2, -0.15) is 4.68 Å². The molecular weight excluding hydrogens is 366 g/mol. The first-order chi connectivity index (χ1) is 14.3. The zero-order chi connectivity index (χ0) is 19.9. The van der Waals surface area contributed by atoms with Crippen molar-refractivity contribution in [2.75, 3.05) is 6.54 Å². The summed E-state index contributed by atoms with van der Waals surface area (Å²) < 4.78 is 7.37. The van der Waals surface area contributed by atoms with Gasteiger partial charge >= 0.3 is 6.01 Å². The molecule has 29 heavy (non-hydrogen) atoms. The number of rotatable bonds is 8. The first-order valence-electron chi connectivity index (χ1n) is 9.34. The molecule has 0 aliphatic carbocycles. The van der Waals surface area contributed by atoms with E-state index in [9.17, 15) is 5.11 Å². The predicted molar refractivity (Wildman–Crippen MR) is 109 cm³/mol. The van der Waals surface area contributed by atoms with Gasteiger partial charge in [-0.15, -0.1) is 0 Å². The summed E-state index contributed by atoms with van der Waals surface area (Å²) >= 11 is 0.